The molecule has 2 rings (SSSR count). The van der Waals surface area contributed by atoms with Crippen LogP contribution in [0.15, 0.2) is 54.6 Å². The number of hydrogen-bond donors (Lipinski definition) is 2. The zero-order valence-electron chi connectivity index (χ0n) is 20.2. The van der Waals surface area contributed by atoms with Gasteiger partial charge in [0.1, 0.15) is 24.0 Å². The molecule has 1 atom stereocenters. The molecule has 0 aromatic heterocycles. The fourth-order valence-electron chi connectivity index (χ4n) is 2.93. The summed E-state index contributed by atoms with van der Waals surface area (Å²) in [7, 11) is -3.39. The summed E-state index contributed by atoms with van der Waals surface area (Å²) in [6, 6.07) is 14.9. The number of carbonyl (C=O) groups is 2. The Balaban J connectivity index is 1.81. The standard InChI is InChI=1S/C25H33NO7S2/c1-25(2,3)33-23(28)22(17-19-9-11-21(27)12-10-19)26-24(29)32-13-15-35(30,31)16-14-34-18-20-7-5-4-6-8-20/h4-12,22,27H,13-18H2,1-3H3,(H,26,29)/t22-/m0/s1. The van der Waals surface area contributed by atoms with Gasteiger partial charge >= 0.3 is 12.1 Å². The number of alkyl carbamates (subject to hydrolysis) is 1. The molecule has 0 radical (unpaired) electrons. The minimum Gasteiger partial charge on any atom is -0.508 e. The number of phenolic OH excluding ortho intramolecular Hbond substituents is 1. The smallest absolute Gasteiger partial charge is 0.407 e. The number of benzene rings is 2. The van der Waals surface area contributed by atoms with Crippen LogP contribution in [0.3, 0.4) is 0 Å². The van der Waals surface area contributed by atoms with Crippen molar-refractivity contribution in [2.45, 2.75) is 44.6 Å². The van der Waals surface area contributed by atoms with Gasteiger partial charge in [-0.3, -0.25) is 0 Å². The van der Waals surface area contributed by atoms with Crippen LogP contribution in [0.1, 0.15) is 31.9 Å². The molecule has 1 amide bonds. The maximum Gasteiger partial charge on any atom is 0.407 e. The van der Waals surface area contributed by atoms with Crippen molar-refractivity contribution >= 4 is 33.7 Å². The number of hydrogen-bond acceptors (Lipinski definition) is 8. The minimum absolute atomic E-state index is 0.0170. The van der Waals surface area contributed by atoms with Gasteiger partial charge < -0.3 is 19.9 Å². The lowest BCUT2D eigenvalue weighted by Gasteiger charge is -2.24. The maximum atomic E-state index is 12.6. The van der Waals surface area contributed by atoms with Gasteiger partial charge in [-0.1, -0.05) is 42.5 Å². The van der Waals surface area contributed by atoms with Crippen LogP contribution in [0, 0.1) is 0 Å². The summed E-state index contributed by atoms with van der Waals surface area (Å²) >= 11 is 1.52. The van der Waals surface area contributed by atoms with Crippen molar-refractivity contribution in [3.05, 3.63) is 65.7 Å². The van der Waals surface area contributed by atoms with Crippen LogP contribution in [0.25, 0.3) is 0 Å². The molecule has 0 unspecified atom stereocenters. The van der Waals surface area contributed by atoms with Crippen molar-refractivity contribution in [1.29, 1.82) is 0 Å². The van der Waals surface area contributed by atoms with Gasteiger partial charge in [-0.25, -0.2) is 18.0 Å². The molecule has 0 aliphatic heterocycles. The molecular weight excluding hydrogens is 490 g/mol. The van der Waals surface area contributed by atoms with Crippen LogP contribution >= 0.6 is 11.8 Å². The average Bonchev–Trinajstić information content (AvgIpc) is 2.77. The van der Waals surface area contributed by atoms with Gasteiger partial charge in [0.25, 0.3) is 0 Å². The molecule has 0 spiro atoms. The Morgan fingerprint density at radius 1 is 1.00 bits per heavy atom. The first kappa shape index (κ1) is 28.5. The molecular formula is C25H33NO7S2. The normalized spacial score (nSPS) is 12.5. The lowest BCUT2D eigenvalue weighted by atomic mass is 10.1. The second kappa shape index (κ2) is 13.4. The second-order valence-corrected chi connectivity index (χ2v) is 12.3. The lowest BCUT2D eigenvalue weighted by molar-refractivity contribution is -0.157. The molecule has 0 aliphatic rings. The predicted molar refractivity (Wildman–Crippen MR) is 137 cm³/mol. The van der Waals surface area contributed by atoms with E-state index < -0.39 is 33.5 Å². The highest BCUT2D eigenvalue weighted by atomic mass is 32.2. The van der Waals surface area contributed by atoms with Crippen LogP contribution in [0.4, 0.5) is 4.79 Å². The number of nitrogens with one attached hydrogen (secondary N) is 1. The molecule has 0 heterocycles. The SMILES string of the molecule is CC(C)(C)OC(=O)[C@H](Cc1ccc(O)cc1)NC(=O)OCCS(=O)(=O)CCSCc1ccccc1. The van der Waals surface area contributed by atoms with Crippen molar-refractivity contribution in [3.63, 3.8) is 0 Å². The topological polar surface area (TPSA) is 119 Å². The number of carbonyl (C=O) groups excluding carboxylic acids is 2. The first-order valence-electron chi connectivity index (χ1n) is 11.2. The van der Waals surface area contributed by atoms with Crippen LogP contribution in [0.2, 0.25) is 0 Å². The average molecular weight is 524 g/mol. The monoisotopic (exact) mass is 523 g/mol. The third-order valence-electron chi connectivity index (χ3n) is 4.64. The summed E-state index contributed by atoms with van der Waals surface area (Å²) in [5, 5.41) is 11.9. The fourth-order valence-corrected chi connectivity index (χ4v) is 5.53. The summed E-state index contributed by atoms with van der Waals surface area (Å²) in [6.07, 6.45) is -0.797. The third kappa shape index (κ3) is 12.0. The Morgan fingerprint density at radius 3 is 2.29 bits per heavy atom. The largest absolute Gasteiger partial charge is 0.508 e. The van der Waals surface area contributed by atoms with Crippen LogP contribution in [-0.2, 0) is 36.3 Å². The Bertz CT molecular complexity index is 1050. The van der Waals surface area contributed by atoms with Crippen molar-refractivity contribution in [3.8, 4) is 5.75 Å². The molecule has 8 nitrogen and oxygen atoms in total. The van der Waals surface area contributed by atoms with Gasteiger partial charge in [0.2, 0.25) is 0 Å². The predicted octanol–water partition coefficient (Wildman–Crippen LogP) is 3.72. The molecule has 0 saturated carbocycles. The number of phenols is 1. The highest BCUT2D eigenvalue weighted by Crippen LogP contribution is 2.15. The Kier molecular flexibility index (Phi) is 10.9. The van der Waals surface area contributed by atoms with E-state index in [0.717, 1.165) is 11.3 Å². The summed E-state index contributed by atoms with van der Waals surface area (Å²) < 4.78 is 34.9. The van der Waals surface area contributed by atoms with E-state index in [4.69, 9.17) is 9.47 Å². The van der Waals surface area contributed by atoms with Crippen LogP contribution in [-0.4, -0.2) is 61.1 Å². The van der Waals surface area contributed by atoms with Crippen molar-refractivity contribution in [2.24, 2.45) is 0 Å². The van der Waals surface area contributed by atoms with E-state index in [9.17, 15) is 23.1 Å². The third-order valence-corrected chi connectivity index (χ3v) is 7.54. The van der Waals surface area contributed by atoms with E-state index in [0.29, 0.717) is 11.3 Å². The zero-order chi connectivity index (χ0) is 25.9. The molecule has 35 heavy (non-hydrogen) atoms. The summed E-state index contributed by atoms with van der Waals surface area (Å²) in [5.41, 5.74) is 1.05. The maximum absolute atomic E-state index is 12.6. The van der Waals surface area contributed by atoms with E-state index in [1.807, 2.05) is 30.3 Å². The zero-order valence-corrected chi connectivity index (χ0v) is 21.9. The number of rotatable bonds is 12. The molecule has 2 N–H and O–H groups in total. The first-order chi connectivity index (χ1) is 16.4. The number of esters is 1. The van der Waals surface area contributed by atoms with Gasteiger partial charge in [0.15, 0.2) is 9.84 Å². The quantitative estimate of drug-likeness (QED) is 0.319. The minimum atomic E-state index is -3.39. The molecule has 0 bridgehead atoms. The number of aromatic hydroxyl groups is 1. The van der Waals surface area contributed by atoms with Crippen molar-refractivity contribution in [1.82, 2.24) is 5.32 Å². The summed E-state index contributed by atoms with van der Waals surface area (Å²) in [6.45, 7) is 4.81. The Hall–Kier alpha value is -2.72. The Labute approximate surface area is 211 Å². The van der Waals surface area contributed by atoms with Gasteiger partial charge in [0, 0.05) is 17.9 Å². The summed E-state index contributed by atoms with van der Waals surface area (Å²) in [5.74, 6) is 0.275. The highest BCUT2D eigenvalue weighted by Gasteiger charge is 2.27. The molecule has 2 aromatic carbocycles. The molecule has 0 aliphatic carbocycles. The fraction of sp³-hybridized carbons (Fsp3) is 0.440. The van der Waals surface area contributed by atoms with Gasteiger partial charge in [-0.15, -0.1) is 0 Å². The molecule has 192 valence electrons. The number of thioether (sulfide) groups is 1. The highest BCUT2D eigenvalue weighted by molar-refractivity contribution is 8.00. The summed E-state index contributed by atoms with van der Waals surface area (Å²) in [4.78, 5) is 24.9. The van der Waals surface area contributed by atoms with E-state index in [-0.39, 0.29) is 30.3 Å². The second-order valence-electron chi connectivity index (χ2n) is 8.93. The lowest BCUT2D eigenvalue weighted by Crippen LogP contribution is -2.46. The van der Waals surface area contributed by atoms with Crippen molar-refractivity contribution < 1.29 is 32.6 Å². The molecule has 0 saturated heterocycles. The van der Waals surface area contributed by atoms with Crippen LogP contribution in [0.5, 0.6) is 5.75 Å². The van der Waals surface area contributed by atoms with E-state index in [1.54, 1.807) is 32.9 Å². The van der Waals surface area contributed by atoms with E-state index in [2.05, 4.69) is 5.32 Å². The van der Waals surface area contributed by atoms with E-state index in [1.165, 1.54) is 23.9 Å². The molecule has 0 fully saturated rings. The van der Waals surface area contributed by atoms with Crippen LogP contribution < -0.4 is 5.32 Å². The number of ether oxygens (including phenoxy) is 2. The molecule has 2 aromatic rings. The van der Waals surface area contributed by atoms with E-state index >= 15 is 0 Å². The number of amides is 1. The molecule has 10 heteroatoms. The first-order valence-corrected chi connectivity index (χ1v) is 14.2. The number of sulfone groups is 1. The van der Waals surface area contributed by atoms with Gasteiger partial charge in [0.05, 0.1) is 11.5 Å². The van der Waals surface area contributed by atoms with Crippen molar-refractivity contribution in [2.75, 3.05) is 23.9 Å². The Morgan fingerprint density at radius 2 is 1.66 bits per heavy atom. The van der Waals surface area contributed by atoms with Gasteiger partial charge in [-0.05, 0) is 44.0 Å². The van der Waals surface area contributed by atoms with Gasteiger partial charge in [-0.2, -0.15) is 11.8 Å².